The van der Waals surface area contributed by atoms with Gasteiger partial charge in [0.05, 0.1) is 17.3 Å². The molecule has 0 saturated heterocycles. The Morgan fingerprint density at radius 3 is 2.62 bits per heavy atom. The van der Waals surface area contributed by atoms with Gasteiger partial charge in [-0.05, 0) is 43.9 Å². The molecule has 8 nitrogen and oxygen atoms in total. The summed E-state index contributed by atoms with van der Waals surface area (Å²) in [4.78, 5) is 8.35. The number of nitrogens with one attached hydrogen (secondary N) is 1. The van der Waals surface area contributed by atoms with Crippen molar-refractivity contribution < 1.29 is 8.78 Å². The molecule has 0 atom stereocenters. The van der Waals surface area contributed by atoms with Gasteiger partial charge < -0.3 is 5.32 Å². The summed E-state index contributed by atoms with van der Waals surface area (Å²) in [6.07, 6.45) is 0.823. The van der Waals surface area contributed by atoms with E-state index in [0.29, 0.717) is 46.1 Å². The zero-order chi connectivity index (χ0) is 23.8. The molecule has 34 heavy (non-hydrogen) atoms. The van der Waals surface area contributed by atoms with Gasteiger partial charge in [-0.1, -0.05) is 23.7 Å². The van der Waals surface area contributed by atoms with E-state index < -0.39 is 6.43 Å². The summed E-state index contributed by atoms with van der Waals surface area (Å²) in [5.41, 5.74) is 2.11. The Hall–Kier alpha value is -3.84. The molecule has 0 radical (unpaired) electrons. The molecule has 1 fully saturated rings. The van der Waals surface area contributed by atoms with Crippen LogP contribution in [0.4, 0.5) is 20.4 Å². The van der Waals surface area contributed by atoms with Crippen molar-refractivity contribution >= 4 is 23.2 Å². The molecule has 0 spiro atoms. The van der Waals surface area contributed by atoms with Gasteiger partial charge in [-0.15, -0.1) is 0 Å². The van der Waals surface area contributed by atoms with Crippen molar-refractivity contribution in [1.29, 1.82) is 5.26 Å². The molecule has 1 aliphatic carbocycles. The van der Waals surface area contributed by atoms with Gasteiger partial charge in [0.1, 0.15) is 34.4 Å². The smallest absolute Gasteiger partial charge is 0.280 e. The Morgan fingerprint density at radius 1 is 1.18 bits per heavy atom. The molecular formula is C23H19ClF2N8. The molecule has 0 amide bonds. The minimum Gasteiger partial charge on any atom is -0.324 e. The average molecular weight is 481 g/mol. The Morgan fingerprint density at radius 2 is 1.94 bits per heavy atom. The molecule has 1 saturated carbocycles. The number of aryl methyl sites for hydroxylation is 1. The van der Waals surface area contributed by atoms with E-state index in [1.165, 1.54) is 18.5 Å². The molecular weight excluding hydrogens is 462 g/mol. The molecule has 172 valence electrons. The van der Waals surface area contributed by atoms with Crippen LogP contribution in [0.3, 0.4) is 0 Å². The van der Waals surface area contributed by atoms with Crippen LogP contribution in [0.15, 0.2) is 42.7 Å². The Labute approximate surface area is 198 Å². The fraction of sp³-hybridized carbons (Fsp3) is 0.261. The third kappa shape index (κ3) is 4.34. The predicted molar refractivity (Wildman–Crippen MR) is 122 cm³/mol. The van der Waals surface area contributed by atoms with E-state index >= 15 is 0 Å². The number of nitrogens with zero attached hydrogens (tertiary/aromatic N) is 7. The quantitative estimate of drug-likeness (QED) is 0.377. The van der Waals surface area contributed by atoms with Crippen LogP contribution >= 0.6 is 11.6 Å². The van der Waals surface area contributed by atoms with E-state index in [1.54, 1.807) is 35.9 Å². The van der Waals surface area contributed by atoms with Crippen LogP contribution < -0.4 is 5.32 Å². The maximum Gasteiger partial charge on any atom is 0.280 e. The number of rotatable bonds is 7. The van der Waals surface area contributed by atoms with E-state index in [9.17, 15) is 8.78 Å². The average Bonchev–Trinajstić information content (AvgIpc) is 3.49. The molecule has 11 heteroatoms. The summed E-state index contributed by atoms with van der Waals surface area (Å²) in [7, 11) is 0. The number of anilines is 2. The van der Waals surface area contributed by atoms with Gasteiger partial charge in [-0.2, -0.15) is 15.5 Å². The maximum absolute atomic E-state index is 13.5. The van der Waals surface area contributed by atoms with E-state index in [0.717, 1.165) is 23.1 Å². The number of alkyl halides is 2. The van der Waals surface area contributed by atoms with Crippen LogP contribution in [0.5, 0.6) is 0 Å². The first-order valence-corrected chi connectivity index (χ1v) is 11.0. The lowest BCUT2D eigenvalue weighted by Gasteiger charge is -2.11. The molecule has 0 bridgehead atoms. The normalized spacial score (nSPS) is 13.3. The van der Waals surface area contributed by atoms with Gasteiger partial charge in [-0.25, -0.2) is 28.1 Å². The molecule has 3 heterocycles. The van der Waals surface area contributed by atoms with Crippen LogP contribution in [0.1, 0.15) is 36.2 Å². The first-order valence-electron chi connectivity index (χ1n) is 10.6. The zero-order valence-electron chi connectivity index (χ0n) is 18.1. The van der Waals surface area contributed by atoms with Crippen molar-refractivity contribution in [2.24, 2.45) is 5.92 Å². The number of aromatic nitrogens is 6. The fourth-order valence-corrected chi connectivity index (χ4v) is 3.93. The Balaban J connectivity index is 1.51. The highest BCUT2D eigenvalue weighted by molar-refractivity contribution is 6.35. The Kier molecular flexibility index (Phi) is 5.71. The van der Waals surface area contributed by atoms with E-state index in [2.05, 4.69) is 26.5 Å². The first kappa shape index (κ1) is 22.0. The molecule has 5 rings (SSSR count). The van der Waals surface area contributed by atoms with E-state index in [1.807, 2.05) is 0 Å². The third-order valence-corrected chi connectivity index (χ3v) is 5.87. The Bertz CT molecular complexity index is 1380. The lowest BCUT2D eigenvalue weighted by molar-refractivity contribution is 0.142. The second-order valence-corrected chi connectivity index (χ2v) is 8.51. The standard InChI is InChI=1S/C23H19ClF2N8/c1-13-8-17(22(25)26)34(31-13)19-9-18(28-12-29-19)30-23-20(24)21(32-33(23)11-15-2-3-15)16-6-4-14(10-27)5-7-16/h4-9,12,15,22H,2-3,11H2,1H3,(H,28,29,30). The second kappa shape index (κ2) is 8.83. The summed E-state index contributed by atoms with van der Waals surface area (Å²) in [5, 5.41) is 21.5. The van der Waals surface area contributed by atoms with Crippen molar-refractivity contribution in [3.63, 3.8) is 0 Å². The third-order valence-electron chi connectivity index (χ3n) is 5.51. The SMILES string of the molecule is Cc1cc(C(F)F)n(-c2cc(Nc3c(Cl)c(-c4ccc(C#N)cc4)nn3CC3CC3)ncn2)n1. The number of nitriles is 1. The van der Waals surface area contributed by atoms with Gasteiger partial charge in [0.15, 0.2) is 5.82 Å². The van der Waals surface area contributed by atoms with Crippen molar-refractivity contribution in [2.75, 3.05) is 5.32 Å². The van der Waals surface area contributed by atoms with Crippen LogP contribution in [-0.4, -0.2) is 29.5 Å². The molecule has 4 aromatic rings. The van der Waals surface area contributed by atoms with Crippen molar-refractivity contribution in [2.45, 2.75) is 32.7 Å². The number of halogens is 3. The maximum atomic E-state index is 13.5. The minimum atomic E-state index is -2.70. The van der Waals surface area contributed by atoms with Gasteiger partial charge >= 0.3 is 0 Å². The molecule has 3 aromatic heterocycles. The van der Waals surface area contributed by atoms with E-state index in [4.69, 9.17) is 22.0 Å². The molecule has 0 aliphatic heterocycles. The molecule has 0 unspecified atom stereocenters. The van der Waals surface area contributed by atoms with Gasteiger partial charge in [0.2, 0.25) is 0 Å². The zero-order valence-corrected chi connectivity index (χ0v) is 18.8. The van der Waals surface area contributed by atoms with Crippen molar-refractivity contribution in [3.05, 3.63) is 64.7 Å². The van der Waals surface area contributed by atoms with Crippen molar-refractivity contribution in [1.82, 2.24) is 29.5 Å². The highest BCUT2D eigenvalue weighted by atomic mass is 35.5. The summed E-state index contributed by atoms with van der Waals surface area (Å²) in [6, 6.07) is 12.0. The van der Waals surface area contributed by atoms with E-state index in [-0.39, 0.29) is 11.5 Å². The monoisotopic (exact) mass is 480 g/mol. The largest absolute Gasteiger partial charge is 0.324 e. The predicted octanol–water partition coefficient (Wildman–Crippen LogP) is 5.45. The number of hydrogen-bond donors (Lipinski definition) is 1. The minimum absolute atomic E-state index is 0.206. The van der Waals surface area contributed by atoms with Gasteiger partial charge in [0.25, 0.3) is 6.43 Å². The summed E-state index contributed by atoms with van der Waals surface area (Å²) in [5.74, 6) is 1.64. The van der Waals surface area contributed by atoms with Gasteiger partial charge in [-0.3, -0.25) is 0 Å². The summed E-state index contributed by atoms with van der Waals surface area (Å²) in [6.45, 7) is 2.33. The first-order chi connectivity index (χ1) is 16.4. The van der Waals surface area contributed by atoms with Crippen LogP contribution in [-0.2, 0) is 6.54 Å². The molecule has 1 aliphatic rings. The summed E-state index contributed by atoms with van der Waals surface area (Å²) < 4.78 is 29.8. The highest BCUT2D eigenvalue weighted by Gasteiger charge is 2.26. The van der Waals surface area contributed by atoms with Crippen LogP contribution in [0, 0.1) is 24.2 Å². The van der Waals surface area contributed by atoms with Crippen LogP contribution in [0.25, 0.3) is 17.1 Å². The fourth-order valence-electron chi connectivity index (χ4n) is 3.63. The van der Waals surface area contributed by atoms with Crippen molar-refractivity contribution in [3.8, 4) is 23.1 Å². The number of benzene rings is 1. The highest BCUT2D eigenvalue weighted by Crippen LogP contribution is 2.38. The second-order valence-electron chi connectivity index (χ2n) is 8.14. The lowest BCUT2D eigenvalue weighted by atomic mass is 10.1. The number of hydrogen-bond acceptors (Lipinski definition) is 6. The molecule has 1 aromatic carbocycles. The molecule has 1 N–H and O–H groups in total. The van der Waals surface area contributed by atoms with Gasteiger partial charge in [0, 0.05) is 18.2 Å². The van der Waals surface area contributed by atoms with Crippen LogP contribution in [0.2, 0.25) is 5.02 Å². The summed E-state index contributed by atoms with van der Waals surface area (Å²) >= 11 is 6.75. The topological polar surface area (TPSA) is 97.2 Å². The lowest BCUT2D eigenvalue weighted by Crippen LogP contribution is -2.09.